The van der Waals surface area contributed by atoms with Crippen molar-refractivity contribution in [2.75, 3.05) is 5.43 Å². The zero-order valence-electron chi connectivity index (χ0n) is 10.7. The molecule has 1 heterocycles. The molecule has 1 aromatic heterocycles. The number of nitrogen functional groups attached to an aromatic ring is 1. The minimum Gasteiger partial charge on any atom is -0.308 e. The summed E-state index contributed by atoms with van der Waals surface area (Å²) in [4.78, 5) is 8.97. The molecule has 4 nitrogen and oxygen atoms in total. The summed E-state index contributed by atoms with van der Waals surface area (Å²) in [7, 11) is 0. The standard InChI is InChI=1S/C13H14BrClN4/c1-3-11-7(2)12(19-16)18-13(17-11)9-5-4-8(14)6-10(9)15/h4-6H,3,16H2,1-2H3,(H,17,18,19). The Morgan fingerprint density at radius 3 is 2.68 bits per heavy atom. The summed E-state index contributed by atoms with van der Waals surface area (Å²) < 4.78 is 0.918. The fourth-order valence-corrected chi connectivity index (χ4v) is 2.60. The van der Waals surface area contributed by atoms with Gasteiger partial charge in [0.15, 0.2) is 5.82 Å². The van der Waals surface area contributed by atoms with E-state index in [1.54, 1.807) is 0 Å². The molecule has 0 aliphatic heterocycles. The molecule has 0 amide bonds. The van der Waals surface area contributed by atoms with E-state index in [4.69, 9.17) is 17.4 Å². The van der Waals surface area contributed by atoms with E-state index in [1.165, 1.54) is 0 Å². The van der Waals surface area contributed by atoms with Crippen LogP contribution in [0.25, 0.3) is 11.4 Å². The fourth-order valence-electron chi connectivity index (χ4n) is 1.84. The van der Waals surface area contributed by atoms with Crippen LogP contribution in [-0.2, 0) is 6.42 Å². The van der Waals surface area contributed by atoms with Gasteiger partial charge in [0.2, 0.25) is 0 Å². The maximum Gasteiger partial charge on any atom is 0.163 e. The summed E-state index contributed by atoms with van der Waals surface area (Å²) in [6, 6.07) is 5.61. The predicted octanol–water partition coefficient (Wildman–Crippen LogP) is 3.72. The maximum absolute atomic E-state index is 6.23. The van der Waals surface area contributed by atoms with Gasteiger partial charge in [0, 0.05) is 21.3 Å². The van der Waals surface area contributed by atoms with Crippen LogP contribution in [-0.4, -0.2) is 9.97 Å². The van der Waals surface area contributed by atoms with Gasteiger partial charge in [0.25, 0.3) is 0 Å². The summed E-state index contributed by atoms with van der Waals surface area (Å²) >= 11 is 9.61. The van der Waals surface area contributed by atoms with Gasteiger partial charge >= 0.3 is 0 Å². The van der Waals surface area contributed by atoms with Gasteiger partial charge in [0.1, 0.15) is 5.82 Å². The molecule has 0 spiro atoms. The van der Waals surface area contributed by atoms with Crippen molar-refractivity contribution in [1.82, 2.24) is 9.97 Å². The summed E-state index contributed by atoms with van der Waals surface area (Å²) in [5.74, 6) is 6.71. The third-order valence-corrected chi connectivity index (χ3v) is 3.70. The molecule has 0 saturated heterocycles. The van der Waals surface area contributed by atoms with Crippen LogP contribution < -0.4 is 11.3 Å². The highest BCUT2D eigenvalue weighted by Crippen LogP contribution is 2.30. The topological polar surface area (TPSA) is 63.8 Å². The van der Waals surface area contributed by atoms with E-state index in [9.17, 15) is 0 Å². The Labute approximate surface area is 125 Å². The summed E-state index contributed by atoms with van der Waals surface area (Å²) in [5, 5.41) is 0.600. The molecule has 0 bridgehead atoms. The van der Waals surface area contributed by atoms with Gasteiger partial charge in [-0.3, -0.25) is 0 Å². The third kappa shape index (κ3) is 2.88. The number of anilines is 1. The highest BCUT2D eigenvalue weighted by atomic mass is 79.9. The predicted molar refractivity (Wildman–Crippen MR) is 82.1 cm³/mol. The Hall–Kier alpha value is -1.17. The molecule has 2 rings (SSSR count). The molecular formula is C13H14BrClN4. The lowest BCUT2D eigenvalue weighted by Crippen LogP contribution is -2.13. The molecule has 0 fully saturated rings. The fraction of sp³-hybridized carbons (Fsp3) is 0.231. The van der Waals surface area contributed by atoms with Crippen molar-refractivity contribution < 1.29 is 0 Å². The van der Waals surface area contributed by atoms with Crippen LogP contribution in [0.3, 0.4) is 0 Å². The smallest absolute Gasteiger partial charge is 0.163 e. The largest absolute Gasteiger partial charge is 0.308 e. The van der Waals surface area contributed by atoms with E-state index in [2.05, 4.69) is 31.3 Å². The van der Waals surface area contributed by atoms with E-state index in [-0.39, 0.29) is 0 Å². The molecule has 0 saturated carbocycles. The number of nitrogens with zero attached hydrogens (tertiary/aromatic N) is 2. The number of benzene rings is 1. The Balaban J connectivity index is 2.62. The zero-order chi connectivity index (χ0) is 14.0. The molecule has 3 N–H and O–H groups in total. The van der Waals surface area contributed by atoms with Crippen molar-refractivity contribution in [2.24, 2.45) is 5.84 Å². The molecule has 0 unspecified atom stereocenters. The van der Waals surface area contributed by atoms with Gasteiger partial charge in [-0.1, -0.05) is 34.5 Å². The van der Waals surface area contributed by atoms with E-state index in [0.29, 0.717) is 16.7 Å². The van der Waals surface area contributed by atoms with Crippen molar-refractivity contribution in [1.29, 1.82) is 0 Å². The van der Waals surface area contributed by atoms with Crippen LogP contribution in [0.2, 0.25) is 5.02 Å². The lowest BCUT2D eigenvalue weighted by molar-refractivity contribution is 0.973. The highest BCUT2D eigenvalue weighted by Gasteiger charge is 2.13. The quantitative estimate of drug-likeness (QED) is 0.660. The lowest BCUT2D eigenvalue weighted by Gasteiger charge is -2.11. The number of hydrogen-bond donors (Lipinski definition) is 2. The van der Waals surface area contributed by atoms with Crippen molar-refractivity contribution >= 4 is 33.3 Å². The molecule has 0 atom stereocenters. The van der Waals surface area contributed by atoms with Gasteiger partial charge in [0.05, 0.1) is 5.02 Å². The number of rotatable bonds is 3. The average molecular weight is 342 g/mol. The molecule has 0 aliphatic rings. The number of aryl methyl sites for hydroxylation is 1. The van der Waals surface area contributed by atoms with Crippen molar-refractivity contribution in [2.45, 2.75) is 20.3 Å². The summed E-state index contributed by atoms with van der Waals surface area (Å²) in [6.45, 7) is 3.99. The van der Waals surface area contributed by atoms with Crippen molar-refractivity contribution in [3.05, 3.63) is 39.0 Å². The SMILES string of the molecule is CCc1nc(-c2ccc(Br)cc2Cl)nc(NN)c1C. The molecule has 0 aliphatic carbocycles. The number of aromatic nitrogens is 2. The Morgan fingerprint density at radius 1 is 1.37 bits per heavy atom. The monoisotopic (exact) mass is 340 g/mol. The molecular weight excluding hydrogens is 328 g/mol. The molecule has 6 heteroatoms. The summed E-state index contributed by atoms with van der Waals surface area (Å²) in [5.41, 5.74) is 5.31. The number of hydrogen-bond acceptors (Lipinski definition) is 4. The van der Waals surface area contributed by atoms with Crippen LogP contribution in [0.15, 0.2) is 22.7 Å². The zero-order valence-corrected chi connectivity index (χ0v) is 13.0. The molecule has 100 valence electrons. The van der Waals surface area contributed by atoms with Crippen molar-refractivity contribution in [3.63, 3.8) is 0 Å². The van der Waals surface area contributed by atoms with Gasteiger partial charge < -0.3 is 5.43 Å². The van der Waals surface area contributed by atoms with Crippen molar-refractivity contribution in [3.8, 4) is 11.4 Å². The first-order chi connectivity index (χ1) is 9.06. The molecule has 2 aromatic rings. The second-order valence-corrected chi connectivity index (χ2v) is 5.41. The van der Waals surface area contributed by atoms with Gasteiger partial charge in [-0.15, -0.1) is 0 Å². The van der Waals surface area contributed by atoms with Crippen LogP contribution >= 0.6 is 27.5 Å². The van der Waals surface area contributed by atoms with Crippen LogP contribution in [0, 0.1) is 6.92 Å². The Kier molecular flexibility index (Phi) is 4.39. The van der Waals surface area contributed by atoms with Crippen LogP contribution in [0.5, 0.6) is 0 Å². The number of nitrogens with one attached hydrogen (secondary N) is 1. The van der Waals surface area contributed by atoms with Gasteiger partial charge in [-0.05, 0) is 31.5 Å². The number of halogens is 2. The molecule has 0 radical (unpaired) electrons. The van der Waals surface area contributed by atoms with E-state index >= 15 is 0 Å². The first-order valence-electron chi connectivity index (χ1n) is 5.86. The number of hydrazine groups is 1. The minimum absolute atomic E-state index is 0.577. The molecule has 1 aromatic carbocycles. The first kappa shape index (κ1) is 14.2. The first-order valence-corrected chi connectivity index (χ1v) is 7.03. The van der Waals surface area contributed by atoms with Crippen LogP contribution in [0.4, 0.5) is 5.82 Å². The Bertz CT molecular complexity index is 591. The second kappa shape index (κ2) is 5.86. The average Bonchev–Trinajstić information content (AvgIpc) is 2.39. The molecule has 19 heavy (non-hydrogen) atoms. The Morgan fingerprint density at radius 2 is 2.11 bits per heavy atom. The van der Waals surface area contributed by atoms with E-state index in [1.807, 2.05) is 32.0 Å². The maximum atomic E-state index is 6.23. The van der Waals surface area contributed by atoms with Gasteiger partial charge in [-0.25, -0.2) is 15.8 Å². The van der Waals surface area contributed by atoms with E-state index < -0.39 is 0 Å². The van der Waals surface area contributed by atoms with Crippen LogP contribution in [0.1, 0.15) is 18.2 Å². The summed E-state index contributed by atoms with van der Waals surface area (Å²) in [6.07, 6.45) is 0.810. The third-order valence-electron chi connectivity index (χ3n) is 2.89. The number of nitrogens with two attached hydrogens (primary N) is 1. The van der Waals surface area contributed by atoms with Gasteiger partial charge in [-0.2, -0.15) is 0 Å². The highest BCUT2D eigenvalue weighted by molar-refractivity contribution is 9.10. The second-order valence-electron chi connectivity index (χ2n) is 4.09. The lowest BCUT2D eigenvalue weighted by atomic mass is 10.1. The minimum atomic E-state index is 0.577. The normalized spacial score (nSPS) is 10.6. The van der Waals surface area contributed by atoms with E-state index in [0.717, 1.165) is 27.7 Å².